The summed E-state index contributed by atoms with van der Waals surface area (Å²) < 4.78 is 15.9. The molecule has 5 nitrogen and oxygen atoms in total. The molecule has 0 amide bonds. The van der Waals surface area contributed by atoms with Crippen molar-refractivity contribution in [1.82, 2.24) is 0 Å². The van der Waals surface area contributed by atoms with Crippen LogP contribution in [0.25, 0.3) is 0 Å². The molecule has 1 fully saturated rings. The fourth-order valence-corrected chi connectivity index (χ4v) is 2.10. The van der Waals surface area contributed by atoms with E-state index in [2.05, 4.69) is 0 Å². The molecule has 0 bridgehead atoms. The molecule has 1 aliphatic rings. The molecule has 0 aromatic rings. The van der Waals surface area contributed by atoms with Crippen LogP contribution in [0.3, 0.4) is 0 Å². The second-order valence-corrected chi connectivity index (χ2v) is 5.37. The molecule has 0 aromatic heterocycles. The highest BCUT2D eigenvalue weighted by atomic mass is 16.5. The van der Waals surface area contributed by atoms with Gasteiger partial charge in [-0.05, 0) is 45.4 Å². The molecular formula is C14H27NO4. The number of hydrogen-bond acceptors (Lipinski definition) is 5. The minimum Gasteiger partial charge on any atom is -0.465 e. The summed E-state index contributed by atoms with van der Waals surface area (Å²) >= 11 is 0. The normalized spacial score (nSPS) is 19.9. The van der Waals surface area contributed by atoms with E-state index in [0.717, 1.165) is 39.1 Å². The lowest BCUT2D eigenvalue weighted by Gasteiger charge is -2.23. The first kappa shape index (κ1) is 16.4. The summed E-state index contributed by atoms with van der Waals surface area (Å²) in [6, 6.07) is 0. The summed E-state index contributed by atoms with van der Waals surface area (Å²) in [6.45, 7) is 6.98. The first-order valence-electron chi connectivity index (χ1n) is 7.18. The number of ether oxygens (including phenoxy) is 3. The number of carbonyl (C=O) groups is 1. The molecule has 19 heavy (non-hydrogen) atoms. The van der Waals surface area contributed by atoms with Gasteiger partial charge in [0.15, 0.2) is 0 Å². The predicted molar refractivity (Wildman–Crippen MR) is 72.8 cm³/mol. The Kier molecular flexibility index (Phi) is 7.34. The molecule has 1 heterocycles. The van der Waals surface area contributed by atoms with Gasteiger partial charge in [0.05, 0.1) is 6.61 Å². The van der Waals surface area contributed by atoms with Gasteiger partial charge in [-0.3, -0.25) is 4.79 Å². The van der Waals surface area contributed by atoms with Crippen LogP contribution < -0.4 is 5.73 Å². The predicted octanol–water partition coefficient (Wildman–Crippen LogP) is 1.49. The molecular weight excluding hydrogens is 246 g/mol. The van der Waals surface area contributed by atoms with Crippen LogP contribution >= 0.6 is 0 Å². The lowest BCUT2D eigenvalue weighted by molar-refractivity contribution is -0.149. The number of hydrogen-bond donors (Lipinski definition) is 1. The van der Waals surface area contributed by atoms with Crippen molar-refractivity contribution in [3.8, 4) is 0 Å². The summed E-state index contributed by atoms with van der Waals surface area (Å²) in [6.07, 6.45) is 3.52. The Bertz CT molecular complexity index is 262. The van der Waals surface area contributed by atoms with Gasteiger partial charge in [0, 0.05) is 26.4 Å². The van der Waals surface area contributed by atoms with Gasteiger partial charge in [0.2, 0.25) is 0 Å². The standard InChI is InChI=1S/C14H27NO4/c1-3-19-13(16)14(2,15)7-4-8-18-11-12-5-9-17-10-6-12/h12H,3-11,15H2,1-2H3. The minimum atomic E-state index is -0.905. The summed E-state index contributed by atoms with van der Waals surface area (Å²) in [4.78, 5) is 11.6. The highest BCUT2D eigenvalue weighted by Crippen LogP contribution is 2.16. The second-order valence-electron chi connectivity index (χ2n) is 5.37. The van der Waals surface area contributed by atoms with Gasteiger partial charge in [0.1, 0.15) is 5.54 Å². The summed E-state index contributed by atoms with van der Waals surface area (Å²) in [5.74, 6) is 0.280. The Labute approximate surface area is 115 Å². The molecule has 5 heteroatoms. The maximum absolute atomic E-state index is 11.6. The van der Waals surface area contributed by atoms with E-state index in [1.807, 2.05) is 0 Å². The van der Waals surface area contributed by atoms with Crippen molar-refractivity contribution in [3.05, 3.63) is 0 Å². The minimum absolute atomic E-state index is 0.334. The number of carbonyl (C=O) groups excluding carboxylic acids is 1. The third kappa shape index (κ3) is 6.36. The van der Waals surface area contributed by atoms with Crippen molar-refractivity contribution in [2.75, 3.05) is 33.0 Å². The SMILES string of the molecule is CCOC(=O)C(C)(N)CCCOCC1CCOCC1. The van der Waals surface area contributed by atoms with Crippen LogP contribution in [0.2, 0.25) is 0 Å². The third-order valence-electron chi connectivity index (χ3n) is 3.42. The van der Waals surface area contributed by atoms with Crippen molar-refractivity contribution in [2.45, 2.75) is 45.1 Å². The largest absolute Gasteiger partial charge is 0.465 e. The Morgan fingerprint density at radius 3 is 2.74 bits per heavy atom. The molecule has 0 spiro atoms. The summed E-state index contributed by atoms with van der Waals surface area (Å²) in [5.41, 5.74) is 5.02. The maximum atomic E-state index is 11.6. The monoisotopic (exact) mass is 273 g/mol. The van der Waals surface area contributed by atoms with E-state index in [1.165, 1.54) is 0 Å². The third-order valence-corrected chi connectivity index (χ3v) is 3.42. The van der Waals surface area contributed by atoms with Crippen LogP contribution in [-0.4, -0.2) is 44.5 Å². The quantitative estimate of drug-likeness (QED) is 0.536. The van der Waals surface area contributed by atoms with Crippen molar-refractivity contribution < 1.29 is 19.0 Å². The van der Waals surface area contributed by atoms with E-state index in [9.17, 15) is 4.79 Å². The highest BCUT2D eigenvalue weighted by molar-refractivity contribution is 5.79. The van der Waals surface area contributed by atoms with Crippen LogP contribution in [0.5, 0.6) is 0 Å². The zero-order valence-electron chi connectivity index (χ0n) is 12.2. The smallest absolute Gasteiger partial charge is 0.325 e. The fraction of sp³-hybridized carbons (Fsp3) is 0.929. The van der Waals surface area contributed by atoms with E-state index in [1.54, 1.807) is 13.8 Å². The van der Waals surface area contributed by atoms with E-state index >= 15 is 0 Å². The van der Waals surface area contributed by atoms with Crippen LogP contribution in [0.1, 0.15) is 39.5 Å². The van der Waals surface area contributed by atoms with Crippen LogP contribution in [0, 0.1) is 5.92 Å². The first-order chi connectivity index (χ1) is 9.06. The topological polar surface area (TPSA) is 70.8 Å². The molecule has 0 saturated carbocycles. The van der Waals surface area contributed by atoms with Crippen LogP contribution in [-0.2, 0) is 19.0 Å². The highest BCUT2D eigenvalue weighted by Gasteiger charge is 2.29. The van der Waals surface area contributed by atoms with Crippen molar-refractivity contribution >= 4 is 5.97 Å². The molecule has 1 rings (SSSR count). The lowest BCUT2D eigenvalue weighted by atomic mass is 9.97. The summed E-state index contributed by atoms with van der Waals surface area (Å²) in [7, 11) is 0. The molecule has 1 saturated heterocycles. The Morgan fingerprint density at radius 2 is 2.11 bits per heavy atom. The zero-order chi connectivity index (χ0) is 14.1. The van der Waals surface area contributed by atoms with Gasteiger partial charge in [-0.25, -0.2) is 0 Å². The van der Waals surface area contributed by atoms with E-state index in [-0.39, 0.29) is 5.97 Å². The molecule has 112 valence electrons. The van der Waals surface area contributed by atoms with Gasteiger partial charge < -0.3 is 19.9 Å². The molecule has 1 aliphatic heterocycles. The van der Waals surface area contributed by atoms with Gasteiger partial charge in [0.25, 0.3) is 0 Å². The molecule has 0 aliphatic carbocycles. The average Bonchev–Trinajstić information content (AvgIpc) is 2.39. The maximum Gasteiger partial charge on any atom is 0.325 e. The van der Waals surface area contributed by atoms with Crippen molar-refractivity contribution in [1.29, 1.82) is 0 Å². The van der Waals surface area contributed by atoms with Crippen molar-refractivity contribution in [2.24, 2.45) is 11.7 Å². The van der Waals surface area contributed by atoms with Gasteiger partial charge >= 0.3 is 5.97 Å². The van der Waals surface area contributed by atoms with Gasteiger partial charge in [-0.1, -0.05) is 0 Å². The first-order valence-corrected chi connectivity index (χ1v) is 7.18. The van der Waals surface area contributed by atoms with Crippen molar-refractivity contribution in [3.63, 3.8) is 0 Å². The molecule has 1 unspecified atom stereocenters. The molecule has 0 radical (unpaired) electrons. The van der Waals surface area contributed by atoms with Crippen LogP contribution in [0.4, 0.5) is 0 Å². The molecule has 2 N–H and O–H groups in total. The van der Waals surface area contributed by atoms with E-state index < -0.39 is 5.54 Å². The molecule has 0 aromatic carbocycles. The van der Waals surface area contributed by atoms with E-state index in [4.69, 9.17) is 19.9 Å². The fourth-order valence-electron chi connectivity index (χ4n) is 2.10. The van der Waals surface area contributed by atoms with Gasteiger partial charge in [-0.2, -0.15) is 0 Å². The Balaban J connectivity index is 2.07. The lowest BCUT2D eigenvalue weighted by Crippen LogP contribution is -2.46. The zero-order valence-corrected chi connectivity index (χ0v) is 12.2. The van der Waals surface area contributed by atoms with Gasteiger partial charge in [-0.15, -0.1) is 0 Å². The molecule has 1 atom stereocenters. The second kappa shape index (κ2) is 8.51. The Hall–Kier alpha value is -0.650. The van der Waals surface area contributed by atoms with Crippen LogP contribution in [0.15, 0.2) is 0 Å². The summed E-state index contributed by atoms with van der Waals surface area (Å²) in [5, 5.41) is 0. The average molecular weight is 273 g/mol. The number of rotatable bonds is 8. The van der Waals surface area contributed by atoms with E-state index in [0.29, 0.717) is 25.6 Å². The number of esters is 1. The Morgan fingerprint density at radius 1 is 1.42 bits per heavy atom. The number of nitrogens with two attached hydrogens (primary N) is 1.